The van der Waals surface area contributed by atoms with E-state index >= 15 is 0 Å². The zero-order chi connectivity index (χ0) is 17.6. The molecule has 0 atom stereocenters. The standard InChI is InChI=1S/C18H13Cl2N3O2/c19-13-6-2-1-5-12(13)10-22-18-15(9-21)23-17(25-18)11-24-16-8-4-3-7-14(16)20/h1-8,22H,10-11H2. The van der Waals surface area contributed by atoms with Gasteiger partial charge in [0.05, 0.1) is 5.02 Å². The Morgan fingerprint density at radius 1 is 1.08 bits per heavy atom. The molecular formula is C18H13Cl2N3O2. The highest BCUT2D eigenvalue weighted by Gasteiger charge is 2.14. The number of ether oxygens (including phenoxy) is 1. The van der Waals surface area contributed by atoms with Crippen LogP contribution < -0.4 is 10.1 Å². The van der Waals surface area contributed by atoms with E-state index < -0.39 is 0 Å². The molecule has 0 aliphatic heterocycles. The van der Waals surface area contributed by atoms with Gasteiger partial charge in [0.15, 0.2) is 6.61 Å². The summed E-state index contributed by atoms with van der Waals surface area (Å²) >= 11 is 12.2. The van der Waals surface area contributed by atoms with Crippen LogP contribution in [0.25, 0.3) is 0 Å². The second-order valence-electron chi connectivity index (χ2n) is 5.06. The number of para-hydroxylation sites is 1. The molecule has 0 aliphatic carbocycles. The topological polar surface area (TPSA) is 71.1 Å². The van der Waals surface area contributed by atoms with Crippen LogP contribution in [-0.2, 0) is 13.2 Å². The number of rotatable bonds is 6. The Bertz CT molecular complexity index is 919. The molecule has 3 rings (SSSR count). The summed E-state index contributed by atoms with van der Waals surface area (Å²) in [5.41, 5.74) is 1.04. The van der Waals surface area contributed by atoms with Gasteiger partial charge in [0.25, 0.3) is 0 Å². The summed E-state index contributed by atoms with van der Waals surface area (Å²) in [6.07, 6.45) is 0. The molecule has 126 valence electrons. The molecule has 5 nitrogen and oxygen atoms in total. The Kier molecular flexibility index (Phi) is 5.44. The number of nitrogens with one attached hydrogen (secondary N) is 1. The molecule has 1 aromatic heterocycles. The average Bonchev–Trinajstić information content (AvgIpc) is 3.02. The molecule has 0 aliphatic rings. The van der Waals surface area contributed by atoms with E-state index in [1.807, 2.05) is 36.4 Å². The van der Waals surface area contributed by atoms with Gasteiger partial charge in [-0.15, -0.1) is 0 Å². The number of benzene rings is 2. The second kappa shape index (κ2) is 7.93. The van der Waals surface area contributed by atoms with Gasteiger partial charge in [-0.1, -0.05) is 53.5 Å². The Balaban J connectivity index is 1.68. The third-order valence-corrected chi connectivity index (χ3v) is 4.04. The summed E-state index contributed by atoms with van der Waals surface area (Å²) < 4.78 is 11.1. The van der Waals surface area contributed by atoms with Crippen molar-refractivity contribution in [1.29, 1.82) is 5.26 Å². The van der Waals surface area contributed by atoms with Gasteiger partial charge < -0.3 is 14.5 Å². The maximum Gasteiger partial charge on any atom is 0.236 e. The Labute approximate surface area is 154 Å². The number of aromatic nitrogens is 1. The number of hydrogen-bond acceptors (Lipinski definition) is 5. The van der Waals surface area contributed by atoms with Crippen molar-refractivity contribution in [3.8, 4) is 11.8 Å². The molecule has 7 heteroatoms. The lowest BCUT2D eigenvalue weighted by molar-refractivity contribution is 0.265. The summed E-state index contributed by atoms with van der Waals surface area (Å²) in [6, 6.07) is 16.5. The Morgan fingerprint density at radius 3 is 2.52 bits per heavy atom. The minimum absolute atomic E-state index is 0.0617. The minimum Gasteiger partial charge on any atom is -0.482 e. The SMILES string of the molecule is N#Cc1nc(COc2ccccc2Cl)oc1NCc1ccccc1Cl. The number of halogens is 2. The Hall–Kier alpha value is -2.68. The van der Waals surface area contributed by atoms with Crippen molar-refractivity contribution >= 4 is 29.1 Å². The maximum absolute atomic E-state index is 9.21. The lowest BCUT2D eigenvalue weighted by atomic mass is 10.2. The van der Waals surface area contributed by atoms with E-state index in [-0.39, 0.29) is 24.1 Å². The highest BCUT2D eigenvalue weighted by molar-refractivity contribution is 6.32. The van der Waals surface area contributed by atoms with Crippen LogP contribution in [0.4, 0.5) is 5.88 Å². The number of hydrogen-bond donors (Lipinski definition) is 1. The highest BCUT2D eigenvalue weighted by Crippen LogP contribution is 2.25. The molecule has 0 saturated carbocycles. The monoisotopic (exact) mass is 373 g/mol. The average molecular weight is 374 g/mol. The van der Waals surface area contributed by atoms with Crippen LogP contribution in [0, 0.1) is 11.3 Å². The van der Waals surface area contributed by atoms with Crippen molar-refractivity contribution in [3.05, 3.63) is 75.7 Å². The quantitative estimate of drug-likeness (QED) is 0.654. The summed E-state index contributed by atoms with van der Waals surface area (Å²) in [6.45, 7) is 0.473. The van der Waals surface area contributed by atoms with E-state index in [0.717, 1.165) is 5.56 Å². The molecule has 0 radical (unpaired) electrons. The van der Waals surface area contributed by atoms with Crippen LogP contribution in [-0.4, -0.2) is 4.98 Å². The van der Waals surface area contributed by atoms with Crippen molar-refractivity contribution in [2.24, 2.45) is 0 Å². The van der Waals surface area contributed by atoms with Crippen molar-refractivity contribution in [3.63, 3.8) is 0 Å². The zero-order valence-electron chi connectivity index (χ0n) is 13.0. The van der Waals surface area contributed by atoms with Crippen LogP contribution in [0.3, 0.4) is 0 Å². The predicted octanol–water partition coefficient (Wildman–Crippen LogP) is 5.04. The molecule has 0 fully saturated rings. The molecule has 1 N–H and O–H groups in total. The summed E-state index contributed by atoms with van der Waals surface area (Å²) in [5.74, 6) is 1.07. The molecular weight excluding hydrogens is 361 g/mol. The molecule has 0 saturated heterocycles. The summed E-state index contributed by atoms with van der Waals surface area (Å²) in [5, 5.41) is 13.4. The lowest BCUT2D eigenvalue weighted by Crippen LogP contribution is -2.00. The van der Waals surface area contributed by atoms with Crippen LogP contribution in [0.1, 0.15) is 17.1 Å². The van der Waals surface area contributed by atoms with E-state index in [1.165, 1.54) is 0 Å². The molecule has 0 amide bonds. The van der Waals surface area contributed by atoms with Gasteiger partial charge in [0.2, 0.25) is 17.5 Å². The number of anilines is 1. The highest BCUT2D eigenvalue weighted by atomic mass is 35.5. The smallest absolute Gasteiger partial charge is 0.236 e. The predicted molar refractivity (Wildman–Crippen MR) is 95.8 cm³/mol. The summed E-state index contributed by atoms with van der Waals surface area (Å²) in [4.78, 5) is 4.12. The first-order valence-electron chi connectivity index (χ1n) is 7.42. The third-order valence-electron chi connectivity index (χ3n) is 3.36. The molecule has 0 bridgehead atoms. The maximum atomic E-state index is 9.21. The number of nitriles is 1. The molecule has 0 spiro atoms. The van der Waals surface area contributed by atoms with Crippen LogP contribution in [0.15, 0.2) is 52.9 Å². The fraction of sp³-hybridized carbons (Fsp3) is 0.111. The van der Waals surface area contributed by atoms with E-state index in [2.05, 4.69) is 10.3 Å². The molecule has 1 heterocycles. The van der Waals surface area contributed by atoms with E-state index in [0.29, 0.717) is 22.3 Å². The van der Waals surface area contributed by atoms with Crippen LogP contribution >= 0.6 is 23.2 Å². The Morgan fingerprint density at radius 2 is 1.80 bits per heavy atom. The minimum atomic E-state index is 0.0617. The van der Waals surface area contributed by atoms with E-state index in [9.17, 15) is 5.26 Å². The van der Waals surface area contributed by atoms with Gasteiger partial charge in [-0.05, 0) is 23.8 Å². The van der Waals surface area contributed by atoms with Gasteiger partial charge in [-0.2, -0.15) is 10.2 Å². The first-order chi connectivity index (χ1) is 12.2. The zero-order valence-corrected chi connectivity index (χ0v) is 14.5. The van der Waals surface area contributed by atoms with Crippen molar-refractivity contribution < 1.29 is 9.15 Å². The van der Waals surface area contributed by atoms with Crippen LogP contribution in [0.2, 0.25) is 10.0 Å². The largest absolute Gasteiger partial charge is 0.482 e. The molecule has 3 aromatic rings. The van der Waals surface area contributed by atoms with Gasteiger partial charge in [-0.3, -0.25) is 0 Å². The van der Waals surface area contributed by atoms with Crippen LogP contribution in [0.5, 0.6) is 5.75 Å². The first-order valence-corrected chi connectivity index (χ1v) is 8.17. The first kappa shape index (κ1) is 17.2. The normalized spacial score (nSPS) is 10.3. The summed E-state index contributed by atoms with van der Waals surface area (Å²) in [7, 11) is 0. The lowest BCUT2D eigenvalue weighted by Gasteiger charge is -2.06. The van der Waals surface area contributed by atoms with Gasteiger partial charge in [0, 0.05) is 11.6 Å². The molecule has 25 heavy (non-hydrogen) atoms. The number of oxazole rings is 1. The van der Waals surface area contributed by atoms with Gasteiger partial charge >= 0.3 is 0 Å². The molecule has 2 aromatic carbocycles. The second-order valence-corrected chi connectivity index (χ2v) is 5.88. The van der Waals surface area contributed by atoms with Crippen molar-refractivity contribution in [2.75, 3.05) is 5.32 Å². The fourth-order valence-corrected chi connectivity index (χ4v) is 2.53. The van der Waals surface area contributed by atoms with Gasteiger partial charge in [0.1, 0.15) is 11.8 Å². The van der Waals surface area contributed by atoms with E-state index in [4.69, 9.17) is 32.4 Å². The third kappa shape index (κ3) is 4.24. The van der Waals surface area contributed by atoms with Gasteiger partial charge in [-0.25, -0.2) is 0 Å². The van der Waals surface area contributed by atoms with Crippen molar-refractivity contribution in [2.45, 2.75) is 13.2 Å². The van der Waals surface area contributed by atoms with Crippen molar-refractivity contribution in [1.82, 2.24) is 4.98 Å². The molecule has 0 unspecified atom stereocenters. The van der Waals surface area contributed by atoms with E-state index in [1.54, 1.807) is 18.2 Å². The number of nitrogens with zero attached hydrogens (tertiary/aromatic N) is 2. The fourth-order valence-electron chi connectivity index (χ4n) is 2.14.